The average molecular weight is 348 g/mol. The quantitative estimate of drug-likeness (QED) is 0.790. The number of amides is 1. The number of nitrogens with one attached hydrogen (secondary N) is 1. The minimum atomic E-state index is -0.395. The standard InChI is InChI=1S/C16H11Cl2N3O2/c17-11-5-12(18)7-13(6-11)20-15(22)9-21-16(23)14-4-2-1-3-10(14)8-19-21/h1-8H,9H2,(H,20,22). The highest BCUT2D eigenvalue weighted by Crippen LogP contribution is 2.22. The average Bonchev–Trinajstić information content (AvgIpc) is 2.49. The topological polar surface area (TPSA) is 64.0 Å². The molecule has 0 saturated carbocycles. The highest BCUT2D eigenvalue weighted by Gasteiger charge is 2.09. The Morgan fingerprint density at radius 3 is 2.57 bits per heavy atom. The Morgan fingerprint density at radius 2 is 1.83 bits per heavy atom. The molecule has 1 aromatic heterocycles. The fourth-order valence-electron chi connectivity index (χ4n) is 2.20. The zero-order chi connectivity index (χ0) is 16.4. The number of anilines is 1. The van der Waals surface area contributed by atoms with Crippen molar-refractivity contribution in [3.63, 3.8) is 0 Å². The predicted molar refractivity (Wildman–Crippen MR) is 91.1 cm³/mol. The second kappa shape index (κ2) is 6.40. The minimum Gasteiger partial charge on any atom is -0.324 e. The molecular formula is C16H11Cl2N3O2. The number of carbonyl (C=O) groups excluding carboxylic acids is 1. The third-order valence-corrected chi connectivity index (χ3v) is 3.64. The van der Waals surface area contributed by atoms with Crippen LogP contribution in [0, 0.1) is 0 Å². The summed E-state index contributed by atoms with van der Waals surface area (Å²) in [6, 6.07) is 11.8. The Labute approximate surface area is 141 Å². The zero-order valence-electron chi connectivity index (χ0n) is 11.8. The molecule has 3 aromatic rings. The van der Waals surface area contributed by atoms with Gasteiger partial charge in [0.25, 0.3) is 5.56 Å². The number of fused-ring (bicyclic) bond motifs is 1. The van der Waals surface area contributed by atoms with E-state index in [1.54, 1.807) is 42.6 Å². The molecule has 0 saturated heterocycles. The molecule has 0 aliphatic rings. The number of nitrogens with zero attached hydrogens (tertiary/aromatic N) is 2. The number of benzene rings is 2. The highest BCUT2D eigenvalue weighted by molar-refractivity contribution is 6.35. The SMILES string of the molecule is O=C(Cn1ncc2ccccc2c1=O)Nc1cc(Cl)cc(Cl)c1. The lowest BCUT2D eigenvalue weighted by atomic mass is 10.2. The molecule has 116 valence electrons. The maximum atomic E-state index is 12.3. The second-order valence-corrected chi connectivity index (χ2v) is 5.77. The van der Waals surface area contributed by atoms with Gasteiger partial charge in [-0.3, -0.25) is 9.59 Å². The maximum Gasteiger partial charge on any atom is 0.275 e. The molecule has 0 spiro atoms. The summed E-state index contributed by atoms with van der Waals surface area (Å²) in [5, 5.41) is 8.72. The lowest BCUT2D eigenvalue weighted by Gasteiger charge is -2.08. The first kappa shape index (κ1) is 15.5. The van der Waals surface area contributed by atoms with Crippen LogP contribution in [0.3, 0.4) is 0 Å². The van der Waals surface area contributed by atoms with Crippen LogP contribution < -0.4 is 10.9 Å². The first-order valence-corrected chi connectivity index (χ1v) is 7.49. The van der Waals surface area contributed by atoms with E-state index in [9.17, 15) is 9.59 Å². The zero-order valence-corrected chi connectivity index (χ0v) is 13.3. The molecule has 0 fully saturated rings. The van der Waals surface area contributed by atoms with Crippen molar-refractivity contribution in [2.75, 3.05) is 5.32 Å². The van der Waals surface area contributed by atoms with Gasteiger partial charge in [0.1, 0.15) is 6.54 Å². The van der Waals surface area contributed by atoms with Gasteiger partial charge in [-0.2, -0.15) is 5.10 Å². The van der Waals surface area contributed by atoms with E-state index in [1.165, 1.54) is 0 Å². The van der Waals surface area contributed by atoms with Crippen molar-refractivity contribution in [2.24, 2.45) is 0 Å². The third-order valence-electron chi connectivity index (χ3n) is 3.20. The molecule has 0 bridgehead atoms. The summed E-state index contributed by atoms with van der Waals surface area (Å²) in [5.74, 6) is -0.395. The van der Waals surface area contributed by atoms with Crippen molar-refractivity contribution in [3.05, 3.63) is 69.1 Å². The second-order valence-electron chi connectivity index (χ2n) is 4.90. The van der Waals surface area contributed by atoms with E-state index in [2.05, 4.69) is 10.4 Å². The van der Waals surface area contributed by atoms with Gasteiger partial charge in [0, 0.05) is 21.1 Å². The first-order chi connectivity index (χ1) is 11.0. The van der Waals surface area contributed by atoms with Crippen LogP contribution in [0.15, 0.2) is 53.5 Å². The molecule has 1 amide bonds. The molecule has 3 rings (SSSR count). The summed E-state index contributed by atoms with van der Waals surface area (Å²) in [6.07, 6.45) is 1.56. The number of hydrogen-bond acceptors (Lipinski definition) is 3. The fraction of sp³-hybridized carbons (Fsp3) is 0.0625. The summed E-state index contributed by atoms with van der Waals surface area (Å²) in [4.78, 5) is 24.4. The maximum absolute atomic E-state index is 12.3. The van der Waals surface area contributed by atoms with Gasteiger partial charge in [-0.15, -0.1) is 0 Å². The Kier molecular flexibility index (Phi) is 4.32. The van der Waals surface area contributed by atoms with Crippen LogP contribution in [0.2, 0.25) is 10.0 Å². The number of hydrogen-bond donors (Lipinski definition) is 1. The van der Waals surface area contributed by atoms with Gasteiger partial charge < -0.3 is 5.32 Å². The third kappa shape index (κ3) is 3.52. The van der Waals surface area contributed by atoms with Crippen LogP contribution >= 0.6 is 23.2 Å². The first-order valence-electron chi connectivity index (χ1n) is 6.74. The summed E-state index contributed by atoms with van der Waals surface area (Å²) < 4.78 is 1.11. The molecule has 5 nitrogen and oxygen atoms in total. The van der Waals surface area contributed by atoms with Gasteiger partial charge in [0.2, 0.25) is 5.91 Å². The van der Waals surface area contributed by atoms with Crippen LogP contribution in [0.1, 0.15) is 0 Å². The lowest BCUT2D eigenvalue weighted by Crippen LogP contribution is -2.29. The molecule has 0 radical (unpaired) electrons. The van der Waals surface area contributed by atoms with E-state index in [-0.39, 0.29) is 12.1 Å². The molecule has 1 heterocycles. The summed E-state index contributed by atoms with van der Waals surface area (Å²) in [5.41, 5.74) is 0.142. The normalized spacial score (nSPS) is 10.7. The van der Waals surface area contributed by atoms with E-state index in [4.69, 9.17) is 23.2 Å². The predicted octanol–water partition coefficient (Wildman–Crippen LogP) is 3.34. The lowest BCUT2D eigenvalue weighted by molar-refractivity contribution is -0.117. The van der Waals surface area contributed by atoms with Crippen LogP contribution in [-0.4, -0.2) is 15.7 Å². The fourth-order valence-corrected chi connectivity index (χ4v) is 2.73. The van der Waals surface area contributed by atoms with Gasteiger partial charge in [-0.1, -0.05) is 41.4 Å². The van der Waals surface area contributed by atoms with Crippen molar-refractivity contribution in [2.45, 2.75) is 6.54 Å². The van der Waals surface area contributed by atoms with E-state index in [1.807, 2.05) is 6.07 Å². The molecule has 0 aliphatic heterocycles. The Hall–Kier alpha value is -2.37. The van der Waals surface area contributed by atoms with Crippen molar-refractivity contribution >= 4 is 45.6 Å². The Morgan fingerprint density at radius 1 is 1.13 bits per heavy atom. The largest absolute Gasteiger partial charge is 0.324 e. The van der Waals surface area contributed by atoms with Crippen molar-refractivity contribution < 1.29 is 4.79 Å². The number of halogens is 2. The van der Waals surface area contributed by atoms with Crippen molar-refractivity contribution in [1.82, 2.24) is 9.78 Å². The molecule has 7 heteroatoms. The monoisotopic (exact) mass is 347 g/mol. The van der Waals surface area contributed by atoms with E-state index < -0.39 is 5.91 Å². The van der Waals surface area contributed by atoms with Gasteiger partial charge in [-0.05, 0) is 24.3 Å². The van der Waals surface area contributed by atoms with Gasteiger partial charge >= 0.3 is 0 Å². The molecule has 23 heavy (non-hydrogen) atoms. The van der Waals surface area contributed by atoms with E-state index >= 15 is 0 Å². The molecule has 2 aromatic carbocycles. The van der Waals surface area contributed by atoms with Crippen LogP contribution in [0.5, 0.6) is 0 Å². The molecule has 0 unspecified atom stereocenters. The van der Waals surface area contributed by atoms with E-state index in [0.717, 1.165) is 10.1 Å². The van der Waals surface area contributed by atoms with Crippen LogP contribution in [0.4, 0.5) is 5.69 Å². The van der Waals surface area contributed by atoms with Gasteiger partial charge in [0.15, 0.2) is 0 Å². The Balaban J connectivity index is 1.83. The van der Waals surface area contributed by atoms with Crippen molar-refractivity contribution in [1.29, 1.82) is 0 Å². The molecular weight excluding hydrogens is 337 g/mol. The number of rotatable bonds is 3. The van der Waals surface area contributed by atoms with Crippen LogP contribution in [0.25, 0.3) is 10.8 Å². The molecule has 0 aliphatic carbocycles. The van der Waals surface area contributed by atoms with Gasteiger partial charge in [0.05, 0.1) is 11.6 Å². The Bertz CT molecular complexity index is 933. The summed E-state index contributed by atoms with van der Waals surface area (Å²) >= 11 is 11.8. The minimum absolute atomic E-state index is 0.201. The van der Waals surface area contributed by atoms with Crippen molar-refractivity contribution in [3.8, 4) is 0 Å². The smallest absolute Gasteiger partial charge is 0.275 e. The number of aromatic nitrogens is 2. The number of carbonyl (C=O) groups is 1. The van der Waals surface area contributed by atoms with E-state index in [0.29, 0.717) is 21.1 Å². The highest BCUT2D eigenvalue weighted by atomic mass is 35.5. The molecule has 0 atom stereocenters. The van der Waals surface area contributed by atoms with Gasteiger partial charge in [-0.25, -0.2) is 4.68 Å². The van der Waals surface area contributed by atoms with Crippen LogP contribution in [-0.2, 0) is 11.3 Å². The summed E-state index contributed by atoms with van der Waals surface area (Å²) in [6.45, 7) is -0.201. The molecule has 1 N–H and O–H groups in total. The summed E-state index contributed by atoms with van der Waals surface area (Å²) in [7, 11) is 0.